The number of aryl methyl sites for hydroxylation is 1. The van der Waals surface area contributed by atoms with Gasteiger partial charge in [0.25, 0.3) is 5.91 Å². The third kappa shape index (κ3) is 3.07. The van der Waals surface area contributed by atoms with E-state index in [1.165, 1.54) is 18.9 Å². The first-order chi connectivity index (χ1) is 10.1. The Kier molecular flexibility index (Phi) is 4.32. The first-order valence-corrected chi connectivity index (χ1v) is 6.20. The molecule has 2 rings (SSSR count). The van der Waals surface area contributed by atoms with Crippen LogP contribution in [0.5, 0.6) is 17.4 Å². The highest BCUT2D eigenvalue weighted by Crippen LogP contribution is 2.30. The number of nitrogens with zero attached hydrogens (tertiary/aromatic N) is 2. The van der Waals surface area contributed by atoms with Crippen molar-refractivity contribution in [3.63, 3.8) is 0 Å². The molecule has 1 amide bonds. The van der Waals surface area contributed by atoms with Gasteiger partial charge in [-0.3, -0.25) is 9.48 Å². The molecule has 0 saturated carbocycles. The molecule has 0 aliphatic heterocycles. The molecule has 21 heavy (non-hydrogen) atoms. The van der Waals surface area contributed by atoms with E-state index in [9.17, 15) is 4.79 Å². The normalized spacial score (nSPS) is 10.1. The molecule has 1 aromatic carbocycles. The van der Waals surface area contributed by atoms with Gasteiger partial charge >= 0.3 is 0 Å². The maximum atomic E-state index is 12.3. The van der Waals surface area contributed by atoms with Crippen LogP contribution in [0.25, 0.3) is 0 Å². The quantitative estimate of drug-likeness (QED) is 0.907. The molecule has 7 heteroatoms. The summed E-state index contributed by atoms with van der Waals surface area (Å²) in [6.45, 7) is 0. The molecule has 7 nitrogen and oxygen atoms in total. The van der Waals surface area contributed by atoms with Gasteiger partial charge in [0.05, 0.1) is 27.0 Å². The smallest absolute Gasteiger partial charge is 0.262 e. The van der Waals surface area contributed by atoms with Crippen molar-refractivity contribution in [1.29, 1.82) is 0 Å². The van der Waals surface area contributed by atoms with Gasteiger partial charge < -0.3 is 19.5 Å². The van der Waals surface area contributed by atoms with E-state index in [0.717, 1.165) is 0 Å². The number of nitrogens with one attached hydrogen (secondary N) is 1. The zero-order chi connectivity index (χ0) is 15.4. The second-order valence-corrected chi connectivity index (χ2v) is 4.25. The molecule has 1 heterocycles. The second kappa shape index (κ2) is 6.17. The number of aromatic nitrogens is 2. The number of hydrogen-bond acceptors (Lipinski definition) is 5. The summed E-state index contributed by atoms with van der Waals surface area (Å²) in [5.41, 5.74) is 0.882. The molecule has 0 fully saturated rings. The Morgan fingerprint density at radius 3 is 2.57 bits per heavy atom. The number of carbonyl (C=O) groups is 1. The van der Waals surface area contributed by atoms with Gasteiger partial charge in [-0.15, -0.1) is 5.10 Å². The van der Waals surface area contributed by atoms with Gasteiger partial charge in [-0.1, -0.05) is 0 Å². The summed E-state index contributed by atoms with van der Waals surface area (Å²) >= 11 is 0. The summed E-state index contributed by atoms with van der Waals surface area (Å²) < 4.78 is 16.9. The minimum absolute atomic E-state index is 0.266. The van der Waals surface area contributed by atoms with E-state index in [2.05, 4.69) is 10.4 Å². The van der Waals surface area contributed by atoms with Gasteiger partial charge in [0.1, 0.15) is 17.1 Å². The predicted octanol–water partition coefficient (Wildman–Crippen LogP) is 1.70. The average Bonchev–Trinajstić information content (AvgIpc) is 2.88. The Hall–Kier alpha value is -2.70. The fraction of sp³-hybridized carbons (Fsp3) is 0.286. The summed E-state index contributed by atoms with van der Waals surface area (Å²) in [5, 5.41) is 6.81. The SMILES string of the molecule is COc1ccc(NC(=O)c2cn(C)nc2OC)c(OC)c1. The molecule has 0 radical (unpaired) electrons. The Morgan fingerprint density at radius 1 is 1.19 bits per heavy atom. The van der Waals surface area contributed by atoms with Crippen LogP contribution in [0.2, 0.25) is 0 Å². The number of ether oxygens (including phenoxy) is 3. The molecule has 0 spiro atoms. The van der Waals surface area contributed by atoms with E-state index in [0.29, 0.717) is 22.7 Å². The third-order valence-electron chi connectivity index (χ3n) is 2.89. The Morgan fingerprint density at radius 2 is 1.95 bits per heavy atom. The molecule has 0 unspecified atom stereocenters. The van der Waals surface area contributed by atoms with E-state index in [-0.39, 0.29) is 11.8 Å². The van der Waals surface area contributed by atoms with Crippen LogP contribution in [0.15, 0.2) is 24.4 Å². The third-order valence-corrected chi connectivity index (χ3v) is 2.89. The monoisotopic (exact) mass is 291 g/mol. The van der Waals surface area contributed by atoms with Gasteiger partial charge in [-0.25, -0.2) is 0 Å². The molecule has 0 aliphatic carbocycles. The Labute approximate surface area is 122 Å². The summed E-state index contributed by atoms with van der Waals surface area (Å²) in [7, 11) is 6.27. The molecule has 0 bridgehead atoms. The van der Waals surface area contributed by atoms with Gasteiger partial charge in [-0.05, 0) is 12.1 Å². The zero-order valence-electron chi connectivity index (χ0n) is 12.3. The zero-order valence-corrected chi connectivity index (χ0v) is 12.3. The van der Waals surface area contributed by atoms with Crippen LogP contribution in [-0.2, 0) is 7.05 Å². The van der Waals surface area contributed by atoms with Crippen molar-refractivity contribution in [3.8, 4) is 17.4 Å². The minimum Gasteiger partial charge on any atom is -0.497 e. The molecule has 0 atom stereocenters. The lowest BCUT2D eigenvalue weighted by Crippen LogP contribution is -2.13. The summed E-state index contributed by atoms with van der Waals surface area (Å²) in [6.07, 6.45) is 1.59. The van der Waals surface area contributed by atoms with Crippen LogP contribution in [0.3, 0.4) is 0 Å². The Bertz CT molecular complexity index is 652. The van der Waals surface area contributed by atoms with Crippen LogP contribution in [-0.4, -0.2) is 37.0 Å². The lowest BCUT2D eigenvalue weighted by molar-refractivity contribution is 0.102. The van der Waals surface area contributed by atoms with E-state index in [1.54, 1.807) is 38.6 Å². The maximum absolute atomic E-state index is 12.3. The van der Waals surface area contributed by atoms with Crippen molar-refractivity contribution in [2.24, 2.45) is 7.05 Å². The molecular weight excluding hydrogens is 274 g/mol. The first kappa shape index (κ1) is 14.7. The topological polar surface area (TPSA) is 74.6 Å². The van der Waals surface area contributed by atoms with E-state index < -0.39 is 0 Å². The largest absolute Gasteiger partial charge is 0.497 e. The minimum atomic E-state index is -0.330. The Balaban J connectivity index is 2.26. The van der Waals surface area contributed by atoms with Crippen molar-refractivity contribution in [3.05, 3.63) is 30.0 Å². The highest BCUT2D eigenvalue weighted by atomic mass is 16.5. The number of benzene rings is 1. The number of amides is 1. The summed E-state index contributed by atoms with van der Waals surface area (Å²) in [5.74, 6) is 1.08. The van der Waals surface area contributed by atoms with Gasteiger partial charge in [0, 0.05) is 19.3 Å². The lowest BCUT2D eigenvalue weighted by atomic mass is 10.2. The van der Waals surface area contributed by atoms with Gasteiger partial charge in [0.15, 0.2) is 0 Å². The number of rotatable bonds is 5. The number of methoxy groups -OCH3 is 3. The molecule has 2 aromatic rings. The second-order valence-electron chi connectivity index (χ2n) is 4.25. The van der Waals surface area contributed by atoms with E-state index >= 15 is 0 Å². The van der Waals surface area contributed by atoms with Crippen molar-refractivity contribution in [2.45, 2.75) is 0 Å². The number of anilines is 1. The average molecular weight is 291 g/mol. The van der Waals surface area contributed by atoms with Crippen molar-refractivity contribution < 1.29 is 19.0 Å². The molecule has 1 N–H and O–H groups in total. The van der Waals surface area contributed by atoms with Crippen LogP contribution in [0.1, 0.15) is 10.4 Å². The number of carbonyl (C=O) groups excluding carboxylic acids is 1. The standard InChI is InChI=1S/C14H17N3O4/c1-17-8-10(14(16-17)21-4)13(18)15-11-6-5-9(19-2)7-12(11)20-3/h5-8H,1-4H3,(H,15,18). The summed E-state index contributed by atoms with van der Waals surface area (Å²) in [4.78, 5) is 12.3. The first-order valence-electron chi connectivity index (χ1n) is 6.20. The van der Waals surface area contributed by atoms with Crippen molar-refractivity contribution >= 4 is 11.6 Å². The van der Waals surface area contributed by atoms with Crippen LogP contribution < -0.4 is 19.5 Å². The van der Waals surface area contributed by atoms with E-state index in [1.807, 2.05) is 0 Å². The van der Waals surface area contributed by atoms with Crippen molar-refractivity contribution in [1.82, 2.24) is 9.78 Å². The molecular formula is C14H17N3O4. The molecule has 1 aromatic heterocycles. The van der Waals surface area contributed by atoms with Crippen LogP contribution in [0, 0.1) is 0 Å². The molecule has 0 aliphatic rings. The van der Waals surface area contributed by atoms with E-state index in [4.69, 9.17) is 14.2 Å². The highest BCUT2D eigenvalue weighted by Gasteiger charge is 2.18. The number of hydrogen-bond donors (Lipinski definition) is 1. The fourth-order valence-corrected chi connectivity index (χ4v) is 1.87. The predicted molar refractivity (Wildman–Crippen MR) is 77.3 cm³/mol. The molecule has 0 saturated heterocycles. The van der Waals surface area contributed by atoms with Crippen LogP contribution in [0.4, 0.5) is 5.69 Å². The van der Waals surface area contributed by atoms with Gasteiger partial charge in [0.2, 0.25) is 5.88 Å². The fourth-order valence-electron chi connectivity index (χ4n) is 1.87. The van der Waals surface area contributed by atoms with Crippen LogP contribution >= 0.6 is 0 Å². The van der Waals surface area contributed by atoms with Crippen molar-refractivity contribution in [2.75, 3.05) is 26.6 Å². The van der Waals surface area contributed by atoms with Gasteiger partial charge in [-0.2, -0.15) is 0 Å². The lowest BCUT2D eigenvalue weighted by Gasteiger charge is -2.11. The summed E-state index contributed by atoms with van der Waals surface area (Å²) in [6, 6.07) is 5.13. The highest BCUT2D eigenvalue weighted by molar-refractivity contribution is 6.06. The maximum Gasteiger partial charge on any atom is 0.262 e. The molecule has 112 valence electrons.